The Hall–Kier alpha value is -2.60. The van der Waals surface area contributed by atoms with Crippen molar-refractivity contribution in [3.05, 3.63) is 64.8 Å². The fourth-order valence-electron chi connectivity index (χ4n) is 3.81. The van der Waals surface area contributed by atoms with Crippen molar-refractivity contribution < 1.29 is 12.9 Å². The first kappa shape index (κ1) is 18.7. The molecule has 0 N–H and O–H groups in total. The van der Waals surface area contributed by atoms with E-state index in [9.17, 15) is 8.42 Å². The van der Waals surface area contributed by atoms with E-state index in [1.165, 1.54) is 0 Å². The van der Waals surface area contributed by atoms with Crippen molar-refractivity contribution in [1.29, 1.82) is 0 Å². The molecule has 0 unspecified atom stereocenters. The van der Waals surface area contributed by atoms with Crippen LogP contribution in [-0.2, 0) is 22.9 Å². The van der Waals surface area contributed by atoms with Crippen molar-refractivity contribution in [1.82, 2.24) is 5.16 Å². The molecule has 6 heteroatoms. The number of sulfonamides is 1. The minimum Gasteiger partial charge on any atom is -0.356 e. The van der Waals surface area contributed by atoms with Crippen LogP contribution in [0.3, 0.4) is 0 Å². The zero-order valence-corrected chi connectivity index (χ0v) is 17.2. The van der Waals surface area contributed by atoms with Gasteiger partial charge < -0.3 is 4.52 Å². The van der Waals surface area contributed by atoms with E-state index in [1.54, 1.807) is 10.4 Å². The van der Waals surface area contributed by atoms with Crippen molar-refractivity contribution >= 4 is 15.7 Å². The highest BCUT2D eigenvalue weighted by atomic mass is 32.2. The van der Waals surface area contributed by atoms with Crippen LogP contribution < -0.4 is 4.31 Å². The SMILES string of the molecule is CCc1cc(-c2ccc(C)c(S(=O)(=O)N3CCCc4cccc(C)c43)c2)on1. The summed E-state index contributed by atoms with van der Waals surface area (Å²) in [5.74, 6) is 0.587. The molecule has 2 aromatic carbocycles. The molecule has 1 aromatic heterocycles. The summed E-state index contributed by atoms with van der Waals surface area (Å²) in [6.07, 6.45) is 2.49. The van der Waals surface area contributed by atoms with Crippen LogP contribution in [0.15, 0.2) is 51.9 Å². The Morgan fingerprint density at radius 3 is 2.68 bits per heavy atom. The van der Waals surface area contributed by atoms with Gasteiger partial charge in [0.25, 0.3) is 10.0 Å². The van der Waals surface area contributed by atoms with E-state index in [0.29, 0.717) is 17.2 Å². The Balaban J connectivity index is 1.82. The van der Waals surface area contributed by atoms with E-state index in [0.717, 1.165) is 52.9 Å². The van der Waals surface area contributed by atoms with Crippen molar-refractivity contribution in [2.45, 2.75) is 44.9 Å². The number of hydrogen-bond acceptors (Lipinski definition) is 4. The van der Waals surface area contributed by atoms with E-state index in [2.05, 4.69) is 5.16 Å². The number of aryl methyl sites for hydroxylation is 4. The quantitative estimate of drug-likeness (QED) is 0.643. The van der Waals surface area contributed by atoms with Gasteiger partial charge in [-0.3, -0.25) is 4.31 Å². The highest BCUT2D eigenvalue weighted by Gasteiger charge is 2.31. The predicted molar refractivity (Wildman–Crippen MR) is 110 cm³/mol. The van der Waals surface area contributed by atoms with Gasteiger partial charge in [0, 0.05) is 18.2 Å². The molecule has 1 aliphatic heterocycles. The normalized spacial score (nSPS) is 14.2. The van der Waals surface area contributed by atoms with Crippen LogP contribution in [0.1, 0.15) is 35.7 Å². The number of anilines is 1. The summed E-state index contributed by atoms with van der Waals surface area (Å²) in [5.41, 5.74) is 5.19. The summed E-state index contributed by atoms with van der Waals surface area (Å²) < 4.78 is 34.3. The second-order valence-electron chi connectivity index (χ2n) is 7.28. The van der Waals surface area contributed by atoms with Gasteiger partial charge >= 0.3 is 0 Å². The highest BCUT2D eigenvalue weighted by molar-refractivity contribution is 7.92. The number of benzene rings is 2. The lowest BCUT2D eigenvalue weighted by molar-refractivity contribution is 0.424. The smallest absolute Gasteiger partial charge is 0.264 e. The first-order valence-electron chi connectivity index (χ1n) is 9.59. The van der Waals surface area contributed by atoms with Crippen LogP contribution >= 0.6 is 0 Å². The van der Waals surface area contributed by atoms with Crippen LogP contribution in [0.4, 0.5) is 5.69 Å². The zero-order valence-electron chi connectivity index (χ0n) is 16.4. The molecule has 0 amide bonds. The van der Waals surface area contributed by atoms with E-state index in [1.807, 2.05) is 57.2 Å². The Morgan fingerprint density at radius 2 is 1.93 bits per heavy atom. The van der Waals surface area contributed by atoms with Gasteiger partial charge in [-0.1, -0.05) is 42.4 Å². The van der Waals surface area contributed by atoms with Crippen molar-refractivity contribution in [2.75, 3.05) is 10.8 Å². The largest absolute Gasteiger partial charge is 0.356 e. The Labute approximate surface area is 166 Å². The van der Waals surface area contributed by atoms with Crippen molar-refractivity contribution in [3.63, 3.8) is 0 Å². The molecule has 28 heavy (non-hydrogen) atoms. The summed E-state index contributed by atoms with van der Waals surface area (Å²) in [6, 6.07) is 13.3. The molecule has 2 heterocycles. The van der Waals surface area contributed by atoms with Gasteiger partial charge in [0.2, 0.25) is 0 Å². The predicted octanol–water partition coefficient (Wildman–Crippen LogP) is 4.66. The summed E-state index contributed by atoms with van der Waals surface area (Å²) in [4.78, 5) is 0.315. The molecular weight excluding hydrogens is 372 g/mol. The number of nitrogens with zero attached hydrogens (tertiary/aromatic N) is 2. The minimum atomic E-state index is -3.69. The molecule has 0 saturated heterocycles. The topological polar surface area (TPSA) is 63.4 Å². The molecule has 0 bridgehead atoms. The maximum atomic E-state index is 13.6. The number of rotatable bonds is 4. The van der Waals surface area contributed by atoms with Gasteiger partial charge in [-0.05, 0) is 55.9 Å². The molecule has 0 radical (unpaired) electrons. The molecule has 4 rings (SSSR count). The van der Waals surface area contributed by atoms with Gasteiger partial charge in [0.1, 0.15) is 0 Å². The third kappa shape index (κ3) is 3.11. The molecule has 0 atom stereocenters. The molecular formula is C22H24N2O3S. The third-order valence-electron chi connectivity index (χ3n) is 5.34. The number of para-hydroxylation sites is 1. The standard InChI is InChI=1S/C22H24N2O3S/c1-4-19-14-20(27-23-19)18-11-10-15(2)21(13-18)28(25,26)24-12-6-9-17-8-5-7-16(3)22(17)24/h5,7-8,10-11,13-14H,4,6,9,12H2,1-3H3. The second-order valence-corrected chi connectivity index (χ2v) is 9.11. The lowest BCUT2D eigenvalue weighted by Gasteiger charge is -2.32. The number of hydrogen-bond donors (Lipinski definition) is 0. The zero-order chi connectivity index (χ0) is 19.9. The van der Waals surface area contributed by atoms with Gasteiger partial charge in [0.15, 0.2) is 5.76 Å². The lowest BCUT2D eigenvalue weighted by Crippen LogP contribution is -2.36. The average Bonchev–Trinajstić information content (AvgIpc) is 3.17. The fourth-order valence-corrected chi connectivity index (χ4v) is 5.67. The van der Waals surface area contributed by atoms with Gasteiger partial charge in [0.05, 0.1) is 16.3 Å². The van der Waals surface area contributed by atoms with E-state index in [4.69, 9.17) is 4.52 Å². The van der Waals surface area contributed by atoms with Crippen LogP contribution in [0.5, 0.6) is 0 Å². The average molecular weight is 397 g/mol. The maximum absolute atomic E-state index is 13.6. The molecule has 1 aliphatic rings. The van der Waals surface area contributed by atoms with Gasteiger partial charge in [-0.25, -0.2) is 8.42 Å². The summed E-state index contributed by atoms with van der Waals surface area (Å²) in [5, 5.41) is 4.02. The van der Waals surface area contributed by atoms with Crippen molar-refractivity contribution in [3.8, 4) is 11.3 Å². The Morgan fingerprint density at radius 1 is 1.11 bits per heavy atom. The molecule has 0 fully saturated rings. The number of aromatic nitrogens is 1. The van der Waals surface area contributed by atoms with Crippen LogP contribution in [-0.4, -0.2) is 20.1 Å². The van der Waals surface area contributed by atoms with Crippen LogP contribution in [0, 0.1) is 13.8 Å². The fraction of sp³-hybridized carbons (Fsp3) is 0.318. The monoisotopic (exact) mass is 396 g/mol. The van der Waals surface area contributed by atoms with Crippen LogP contribution in [0.25, 0.3) is 11.3 Å². The summed E-state index contributed by atoms with van der Waals surface area (Å²) in [6.45, 7) is 6.29. The third-order valence-corrected chi connectivity index (χ3v) is 7.28. The van der Waals surface area contributed by atoms with E-state index in [-0.39, 0.29) is 0 Å². The summed E-state index contributed by atoms with van der Waals surface area (Å²) >= 11 is 0. The summed E-state index contributed by atoms with van der Waals surface area (Å²) in [7, 11) is -3.69. The Kier molecular flexibility index (Phi) is 4.75. The van der Waals surface area contributed by atoms with Crippen molar-refractivity contribution in [2.24, 2.45) is 0 Å². The van der Waals surface area contributed by atoms with Crippen LogP contribution in [0.2, 0.25) is 0 Å². The molecule has 3 aromatic rings. The first-order valence-corrected chi connectivity index (χ1v) is 11.0. The molecule has 146 valence electrons. The highest BCUT2D eigenvalue weighted by Crippen LogP contribution is 2.36. The maximum Gasteiger partial charge on any atom is 0.264 e. The van der Waals surface area contributed by atoms with Gasteiger partial charge in [-0.15, -0.1) is 0 Å². The molecule has 0 spiro atoms. The second kappa shape index (κ2) is 7.09. The molecule has 5 nitrogen and oxygen atoms in total. The lowest BCUT2D eigenvalue weighted by atomic mass is 10.0. The van der Waals surface area contributed by atoms with Gasteiger partial charge in [-0.2, -0.15) is 0 Å². The molecule has 0 saturated carbocycles. The number of fused-ring (bicyclic) bond motifs is 1. The van der Waals surface area contributed by atoms with E-state index < -0.39 is 10.0 Å². The molecule has 0 aliphatic carbocycles. The first-order chi connectivity index (χ1) is 13.4. The minimum absolute atomic E-state index is 0.315. The van der Waals surface area contributed by atoms with E-state index >= 15 is 0 Å². The Bertz CT molecular complexity index is 1130.